The number of nitrogens with one attached hydrogen (secondary N) is 1. The fourth-order valence-corrected chi connectivity index (χ4v) is 1.69. The Morgan fingerprint density at radius 3 is 2.48 bits per heavy atom. The van der Waals surface area contributed by atoms with Crippen LogP contribution in [-0.4, -0.2) is 61.1 Å². The second-order valence-electron chi connectivity index (χ2n) is 5.01. The highest BCUT2D eigenvalue weighted by Crippen LogP contribution is 2.16. The van der Waals surface area contributed by atoms with E-state index in [1.54, 1.807) is 7.05 Å². The van der Waals surface area contributed by atoms with Crippen LogP contribution in [0.2, 0.25) is 0 Å². The molecule has 6 nitrogen and oxygen atoms in total. The molecule has 0 unspecified atom stereocenters. The van der Waals surface area contributed by atoms with Gasteiger partial charge in [0.15, 0.2) is 0 Å². The number of carbonyl (C=O) groups is 2. The number of hydrogen-bond acceptors (Lipinski definition) is 3. The zero-order chi connectivity index (χ0) is 16.0. The first-order valence-corrected chi connectivity index (χ1v) is 6.51. The summed E-state index contributed by atoms with van der Waals surface area (Å²) in [6.45, 7) is 1.35. The first-order chi connectivity index (χ1) is 9.81. The summed E-state index contributed by atoms with van der Waals surface area (Å²) in [6.07, 6.45) is 0.786. The average molecular weight is 297 g/mol. The summed E-state index contributed by atoms with van der Waals surface area (Å²) >= 11 is 0. The molecule has 1 rings (SSSR count). The van der Waals surface area contributed by atoms with Gasteiger partial charge in [0.05, 0.1) is 11.3 Å². The van der Waals surface area contributed by atoms with E-state index in [1.807, 2.05) is 19.0 Å². The van der Waals surface area contributed by atoms with Crippen LogP contribution in [0.5, 0.6) is 0 Å². The van der Waals surface area contributed by atoms with Crippen molar-refractivity contribution in [2.75, 3.05) is 39.5 Å². The molecule has 2 N–H and O–H groups in total. The molecule has 0 heterocycles. The molecule has 0 spiro atoms. The lowest BCUT2D eigenvalue weighted by atomic mass is 10.2. The van der Waals surface area contributed by atoms with E-state index in [9.17, 15) is 14.0 Å². The van der Waals surface area contributed by atoms with Gasteiger partial charge in [-0.05, 0) is 45.3 Å². The Hall–Kier alpha value is -2.15. The molecule has 1 aromatic rings. The highest BCUT2D eigenvalue weighted by Gasteiger charge is 2.13. The van der Waals surface area contributed by atoms with Crippen LogP contribution >= 0.6 is 0 Å². The van der Waals surface area contributed by atoms with E-state index < -0.39 is 17.8 Å². The van der Waals surface area contributed by atoms with Crippen LogP contribution in [0.3, 0.4) is 0 Å². The smallest absolute Gasteiger partial charge is 0.335 e. The number of urea groups is 1. The third kappa shape index (κ3) is 5.39. The SMILES string of the molecule is CN(C)CCCN(C)C(=O)Nc1cc(C(=O)O)ccc1F. The van der Waals surface area contributed by atoms with E-state index in [0.29, 0.717) is 6.54 Å². The quantitative estimate of drug-likeness (QED) is 0.841. The molecule has 0 fully saturated rings. The van der Waals surface area contributed by atoms with Gasteiger partial charge in [-0.3, -0.25) is 0 Å². The number of carboxylic acid groups (broad SMARTS) is 1. The molecule has 0 radical (unpaired) electrons. The van der Waals surface area contributed by atoms with Gasteiger partial charge in [0.1, 0.15) is 5.82 Å². The molecule has 2 amide bonds. The largest absolute Gasteiger partial charge is 0.478 e. The fourth-order valence-electron chi connectivity index (χ4n) is 1.69. The first kappa shape index (κ1) is 16.9. The minimum Gasteiger partial charge on any atom is -0.478 e. The molecule has 116 valence electrons. The van der Waals surface area contributed by atoms with Gasteiger partial charge in [-0.1, -0.05) is 0 Å². The number of anilines is 1. The van der Waals surface area contributed by atoms with Crippen molar-refractivity contribution in [1.82, 2.24) is 9.80 Å². The maximum Gasteiger partial charge on any atom is 0.335 e. The van der Waals surface area contributed by atoms with E-state index >= 15 is 0 Å². The van der Waals surface area contributed by atoms with Crippen LogP contribution in [0.15, 0.2) is 18.2 Å². The molecule has 0 aliphatic heterocycles. The van der Waals surface area contributed by atoms with Gasteiger partial charge in [0.2, 0.25) is 0 Å². The lowest BCUT2D eigenvalue weighted by molar-refractivity contribution is 0.0697. The standard InChI is InChI=1S/C14H20FN3O3/c1-17(2)7-4-8-18(3)14(21)16-12-9-10(13(19)20)5-6-11(12)15/h5-6,9H,4,7-8H2,1-3H3,(H,16,21)(H,19,20). The normalized spacial score (nSPS) is 10.5. The molecule has 0 aliphatic rings. The number of amides is 2. The Labute approximate surface area is 123 Å². The fraction of sp³-hybridized carbons (Fsp3) is 0.429. The molecule has 0 saturated heterocycles. The number of aromatic carboxylic acids is 1. The lowest BCUT2D eigenvalue weighted by Crippen LogP contribution is -2.33. The number of carboxylic acids is 1. The number of nitrogens with zero attached hydrogens (tertiary/aromatic N) is 2. The molecule has 7 heteroatoms. The molecular weight excluding hydrogens is 277 g/mol. The molecule has 0 saturated carbocycles. The van der Waals surface area contributed by atoms with Crippen LogP contribution in [0.4, 0.5) is 14.9 Å². The maximum absolute atomic E-state index is 13.6. The summed E-state index contributed by atoms with van der Waals surface area (Å²) < 4.78 is 13.6. The van der Waals surface area contributed by atoms with Gasteiger partial charge in [-0.2, -0.15) is 0 Å². The van der Waals surface area contributed by atoms with Crippen LogP contribution in [0, 0.1) is 5.82 Å². The van der Waals surface area contributed by atoms with Crippen molar-refractivity contribution in [3.05, 3.63) is 29.6 Å². The number of hydrogen-bond donors (Lipinski definition) is 2. The molecule has 21 heavy (non-hydrogen) atoms. The van der Waals surface area contributed by atoms with E-state index in [1.165, 1.54) is 4.90 Å². The maximum atomic E-state index is 13.6. The topological polar surface area (TPSA) is 72.9 Å². The summed E-state index contributed by atoms with van der Waals surface area (Å²) in [5, 5.41) is 11.2. The summed E-state index contributed by atoms with van der Waals surface area (Å²) in [5.74, 6) is -1.85. The summed E-state index contributed by atoms with van der Waals surface area (Å²) in [5.41, 5.74) is -0.221. The lowest BCUT2D eigenvalue weighted by Gasteiger charge is -2.19. The Bertz CT molecular complexity index is 520. The number of carbonyl (C=O) groups excluding carboxylic acids is 1. The third-order valence-corrected chi connectivity index (χ3v) is 2.90. The number of rotatable bonds is 6. The van der Waals surface area contributed by atoms with Crippen molar-refractivity contribution in [2.45, 2.75) is 6.42 Å². The molecule has 0 atom stereocenters. The van der Waals surface area contributed by atoms with Crippen molar-refractivity contribution in [2.24, 2.45) is 0 Å². The van der Waals surface area contributed by atoms with E-state index in [4.69, 9.17) is 5.11 Å². The average Bonchev–Trinajstić information content (AvgIpc) is 2.40. The van der Waals surface area contributed by atoms with Gasteiger partial charge in [0, 0.05) is 13.6 Å². The Morgan fingerprint density at radius 2 is 1.90 bits per heavy atom. The van der Waals surface area contributed by atoms with Gasteiger partial charge in [-0.15, -0.1) is 0 Å². The van der Waals surface area contributed by atoms with Crippen LogP contribution in [-0.2, 0) is 0 Å². The minimum atomic E-state index is -1.18. The van der Waals surface area contributed by atoms with Crippen molar-refractivity contribution in [1.29, 1.82) is 0 Å². The zero-order valence-corrected chi connectivity index (χ0v) is 12.4. The van der Waals surface area contributed by atoms with Gasteiger partial charge in [0.25, 0.3) is 0 Å². The molecule has 0 aliphatic carbocycles. The van der Waals surface area contributed by atoms with E-state index in [2.05, 4.69) is 5.32 Å². The summed E-state index contributed by atoms with van der Waals surface area (Å²) in [7, 11) is 5.48. The van der Waals surface area contributed by atoms with Crippen molar-refractivity contribution >= 4 is 17.7 Å². The van der Waals surface area contributed by atoms with Crippen molar-refractivity contribution < 1.29 is 19.1 Å². The number of halogens is 1. The highest BCUT2D eigenvalue weighted by molar-refractivity contribution is 5.93. The van der Waals surface area contributed by atoms with Crippen LogP contribution in [0.25, 0.3) is 0 Å². The second kappa shape index (κ2) is 7.58. The van der Waals surface area contributed by atoms with Crippen LogP contribution in [0.1, 0.15) is 16.8 Å². The van der Waals surface area contributed by atoms with Gasteiger partial charge < -0.3 is 20.2 Å². The van der Waals surface area contributed by atoms with Crippen molar-refractivity contribution in [3.63, 3.8) is 0 Å². The predicted octanol–water partition coefficient (Wildman–Crippen LogP) is 1.94. The van der Waals surface area contributed by atoms with Crippen LogP contribution < -0.4 is 5.32 Å². The van der Waals surface area contributed by atoms with E-state index in [0.717, 1.165) is 31.2 Å². The van der Waals surface area contributed by atoms with Gasteiger partial charge in [-0.25, -0.2) is 14.0 Å². The summed E-state index contributed by atoms with van der Waals surface area (Å²) in [4.78, 5) is 26.2. The Kier molecular flexibility index (Phi) is 6.10. The molecule has 1 aromatic carbocycles. The zero-order valence-electron chi connectivity index (χ0n) is 12.4. The van der Waals surface area contributed by atoms with Gasteiger partial charge >= 0.3 is 12.0 Å². The predicted molar refractivity (Wildman–Crippen MR) is 78.2 cm³/mol. The Balaban J connectivity index is 2.65. The molecular formula is C14H20FN3O3. The number of benzene rings is 1. The second-order valence-corrected chi connectivity index (χ2v) is 5.01. The summed E-state index contributed by atoms with van der Waals surface area (Å²) in [6, 6.07) is 2.79. The molecule has 0 bridgehead atoms. The third-order valence-electron chi connectivity index (χ3n) is 2.90. The minimum absolute atomic E-state index is 0.0815. The Morgan fingerprint density at radius 1 is 1.24 bits per heavy atom. The monoisotopic (exact) mass is 297 g/mol. The molecule has 0 aromatic heterocycles. The van der Waals surface area contributed by atoms with E-state index in [-0.39, 0.29) is 11.3 Å². The van der Waals surface area contributed by atoms with Crippen molar-refractivity contribution in [3.8, 4) is 0 Å². The highest BCUT2D eigenvalue weighted by atomic mass is 19.1. The first-order valence-electron chi connectivity index (χ1n) is 6.51.